The number of amides is 4. The van der Waals surface area contributed by atoms with Crippen LogP contribution in [0.15, 0.2) is 48.5 Å². The number of aryl methyl sites for hydroxylation is 1. The molecule has 0 bridgehead atoms. The van der Waals surface area contributed by atoms with Gasteiger partial charge in [-0.2, -0.15) is 0 Å². The van der Waals surface area contributed by atoms with Crippen LogP contribution in [0.5, 0.6) is 0 Å². The Morgan fingerprint density at radius 2 is 1.26 bits per heavy atom. The summed E-state index contributed by atoms with van der Waals surface area (Å²) in [5.74, 6) is -3.83. The monoisotopic (exact) mass is 470 g/mol. The molecule has 35 heavy (non-hydrogen) atoms. The van der Waals surface area contributed by atoms with Gasteiger partial charge in [0.1, 0.15) is 6.04 Å². The van der Waals surface area contributed by atoms with Crippen LogP contribution >= 0.6 is 0 Å². The first-order valence-electron chi connectivity index (χ1n) is 11.5. The molecule has 5 rings (SSSR count). The van der Waals surface area contributed by atoms with Gasteiger partial charge in [-0.25, -0.2) is 9.69 Å². The number of anilines is 1. The zero-order valence-corrected chi connectivity index (χ0v) is 19.2. The molecule has 2 heterocycles. The van der Waals surface area contributed by atoms with Crippen LogP contribution in [0.3, 0.4) is 0 Å². The average molecular weight is 470 g/mol. The van der Waals surface area contributed by atoms with Crippen molar-refractivity contribution in [1.29, 1.82) is 0 Å². The number of carboxylic acids is 1. The SMILES string of the molecule is CCCC(C(=O)O)N1C(=O)c2ccc3c4c(ccc(c24)C1=O)C(=O)N(c1ccccc1CC)C3=O. The summed E-state index contributed by atoms with van der Waals surface area (Å²) in [4.78, 5) is 67.6. The minimum Gasteiger partial charge on any atom is -0.480 e. The number of hydrogen-bond donors (Lipinski definition) is 1. The van der Waals surface area contributed by atoms with Gasteiger partial charge in [0.2, 0.25) is 0 Å². The number of para-hydroxylation sites is 1. The van der Waals surface area contributed by atoms with Gasteiger partial charge in [0.25, 0.3) is 23.6 Å². The number of aliphatic carboxylic acids is 1. The maximum Gasteiger partial charge on any atom is 0.326 e. The Balaban J connectivity index is 1.72. The molecule has 2 aliphatic rings. The lowest BCUT2D eigenvalue weighted by atomic mass is 9.85. The fourth-order valence-electron chi connectivity index (χ4n) is 5.06. The molecule has 0 spiro atoms. The summed E-state index contributed by atoms with van der Waals surface area (Å²) in [5, 5.41) is 10.2. The van der Waals surface area contributed by atoms with Crippen molar-refractivity contribution in [2.45, 2.75) is 39.2 Å². The average Bonchev–Trinajstić information content (AvgIpc) is 2.85. The van der Waals surface area contributed by atoms with E-state index in [0.717, 1.165) is 15.4 Å². The Morgan fingerprint density at radius 3 is 1.71 bits per heavy atom. The predicted molar refractivity (Wildman–Crippen MR) is 128 cm³/mol. The number of rotatable bonds is 6. The summed E-state index contributed by atoms with van der Waals surface area (Å²) in [6.07, 6.45) is 1.20. The van der Waals surface area contributed by atoms with Gasteiger partial charge in [-0.15, -0.1) is 0 Å². The topological polar surface area (TPSA) is 112 Å². The van der Waals surface area contributed by atoms with E-state index < -0.39 is 35.6 Å². The fourth-order valence-corrected chi connectivity index (χ4v) is 5.06. The van der Waals surface area contributed by atoms with Gasteiger partial charge >= 0.3 is 5.97 Å². The lowest BCUT2D eigenvalue weighted by molar-refractivity contribution is -0.141. The maximum atomic E-state index is 13.6. The van der Waals surface area contributed by atoms with Crippen LogP contribution in [0.2, 0.25) is 0 Å². The van der Waals surface area contributed by atoms with Crippen LogP contribution in [0, 0.1) is 0 Å². The molecule has 176 valence electrons. The van der Waals surface area contributed by atoms with Gasteiger partial charge in [-0.3, -0.25) is 24.1 Å². The first-order chi connectivity index (χ1) is 16.8. The van der Waals surface area contributed by atoms with E-state index in [-0.39, 0.29) is 39.4 Å². The van der Waals surface area contributed by atoms with E-state index in [2.05, 4.69) is 0 Å². The van der Waals surface area contributed by atoms with Gasteiger partial charge in [0.05, 0.1) is 5.69 Å². The molecule has 2 aliphatic heterocycles. The standard InChI is InChI=1S/C27H22N2O6/c1-3-7-20(27(34)35)29-25(32)17-12-10-15-21-16(11-13-18(22(17)21)26(29)33)24(31)28(23(15)30)19-9-6-5-8-14(19)4-2/h5-6,8-13,20H,3-4,7H2,1-2H3,(H,34,35). The summed E-state index contributed by atoms with van der Waals surface area (Å²) in [6.45, 7) is 3.70. The second-order valence-electron chi connectivity index (χ2n) is 8.62. The highest BCUT2D eigenvalue weighted by atomic mass is 16.4. The molecular weight excluding hydrogens is 448 g/mol. The molecule has 1 atom stereocenters. The molecule has 3 aromatic rings. The molecule has 0 aromatic heterocycles. The molecule has 0 aliphatic carbocycles. The maximum absolute atomic E-state index is 13.6. The molecule has 8 heteroatoms. The van der Waals surface area contributed by atoms with E-state index in [1.807, 2.05) is 19.1 Å². The first kappa shape index (κ1) is 22.5. The third-order valence-electron chi connectivity index (χ3n) is 6.70. The molecule has 3 aromatic carbocycles. The van der Waals surface area contributed by atoms with Gasteiger partial charge in [-0.1, -0.05) is 38.5 Å². The van der Waals surface area contributed by atoms with E-state index in [4.69, 9.17) is 0 Å². The minimum absolute atomic E-state index is 0.102. The van der Waals surface area contributed by atoms with Crippen molar-refractivity contribution in [3.63, 3.8) is 0 Å². The van der Waals surface area contributed by atoms with Crippen molar-refractivity contribution in [1.82, 2.24) is 4.90 Å². The first-order valence-corrected chi connectivity index (χ1v) is 11.5. The van der Waals surface area contributed by atoms with Gasteiger partial charge in [-0.05, 0) is 48.7 Å². The van der Waals surface area contributed by atoms with E-state index in [1.54, 1.807) is 19.1 Å². The van der Waals surface area contributed by atoms with E-state index in [0.29, 0.717) is 18.5 Å². The summed E-state index contributed by atoms with van der Waals surface area (Å²) in [6, 6.07) is 11.7. The Morgan fingerprint density at radius 1 is 0.771 bits per heavy atom. The molecule has 0 saturated carbocycles. The zero-order chi connectivity index (χ0) is 25.0. The molecule has 4 amide bonds. The Labute approximate surface area is 200 Å². The van der Waals surface area contributed by atoms with Gasteiger partial charge in [0.15, 0.2) is 0 Å². The molecule has 8 nitrogen and oxygen atoms in total. The highest BCUT2D eigenvalue weighted by Crippen LogP contribution is 2.40. The quantitative estimate of drug-likeness (QED) is 0.544. The van der Waals surface area contributed by atoms with E-state index in [1.165, 1.54) is 24.3 Å². The van der Waals surface area contributed by atoms with Gasteiger partial charge in [0, 0.05) is 33.0 Å². The third kappa shape index (κ3) is 3.10. The highest BCUT2D eigenvalue weighted by Gasteiger charge is 2.43. The normalized spacial score (nSPS) is 15.7. The van der Waals surface area contributed by atoms with Crippen LogP contribution < -0.4 is 4.90 Å². The lowest BCUT2D eigenvalue weighted by Gasteiger charge is -2.34. The number of carboxylic acid groups (broad SMARTS) is 1. The second-order valence-corrected chi connectivity index (χ2v) is 8.62. The van der Waals surface area contributed by atoms with Crippen molar-refractivity contribution in [2.24, 2.45) is 0 Å². The molecule has 0 radical (unpaired) electrons. The summed E-state index contributed by atoms with van der Waals surface area (Å²) in [7, 11) is 0. The number of hydrogen-bond acceptors (Lipinski definition) is 5. The number of imide groups is 2. The van der Waals surface area contributed by atoms with Crippen molar-refractivity contribution >= 4 is 46.1 Å². The summed E-state index contributed by atoms with van der Waals surface area (Å²) in [5.41, 5.74) is 1.95. The van der Waals surface area contributed by atoms with Crippen molar-refractivity contribution < 1.29 is 29.1 Å². The van der Waals surface area contributed by atoms with Crippen LogP contribution in [0.25, 0.3) is 10.8 Å². The van der Waals surface area contributed by atoms with E-state index >= 15 is 0 Å². The number of carbonyl (C=O) groups excluding carboxylic acids is 4. The van der Waals surface area contributed by atoms with Crippen LogP contribution in [0.1, 0.15) is 73.7 Å². The minimum atomic E-state index is -1.31. The molecule has 0 fully saturated rings. The number of carbonyl (C=O) groups is 5. The summed E-state index contributed by atoms with van der Waals surface area (Å²) < 4.78 is 0. The van der Waals surface area contributed by atoms with Gasteiger partial charge < -0.3 is 5.11 Å². The largest absolute Gasteiger partial charge is 0.480 e. The van der Waals surface area contributed by atoms with Crippen LogP contribution in [-0.4, -0.2) is 45.6 Å². The molecule has 1 unspecified atom stereocenters. The molecule has 0 saturated heterocycles. The molecular formula is C27H22N2O6. The van der Waals surface area contributed by atoms with Crippen molar-refractivity contribution in [3.8, 4) is 0 Å². The Bertz CT molecular complexity index is 1400. The third-order valence-corrected chi connectivity index (χ3v) is 6.70. The number of nitrogens with zero attached hydrogens (tertiary/aromatic N) is 2. The second kappa shape index (κ2) is 8.16. The Kier molecular flexibility index (Phi) is 5.24. The summed E-state index contributed by atoms with van der Waals surface area (Å²) >= 11 is 0. The molecule has 1 N–H and O–H groups in total. The zero-order valence-electron chi connectivity index (χ0n) is 19.2. The van der Waals surface area contributed by atoms with Crippen molar-refractivity contribution in [3.05, 3.63) is 76.3 Å². The predicted octanol–water partition coefficient (Wildman–Crippen LogP) is 4.05. The van der Waals surface area contributed by atoms with Crippen molar-refractivity contribution in [2.75, 3.05) is 4.90 Å². The van der Waals surface area contributed by atoms with Crippen LogP contribution in [-0.2, 0) is 11.2 Å². The Hall–Kier alpha value is -4.33. The smallest absolute Gasteiger partial charge is 0.326 e. The van der Waals surface area contributed by atoms with E-state index in [9.17, 15) is 29.1 Å². The highest BCUT2D eigenvalue weighted by molar-refractivity contribution is 6.39. The lowest BCUT2D eigenvalue weighted by Crippen LogP contribution is -2.51. The van der Waals surface area contributed by atoms with Crippen LogP contribution in [0.4, 0.5) is 5.69 Å². The number of benzene rings is 3. The fraction of sp³-hybridized carbons (Fsp3) is 0.222.